The Morgan fingerprint density at radius 2 is 1.75 bits per heavy atom. The van der Waals surface area contributed by atoms with Crippen LogP contribution < -0.4 is 4.74 Å². The first-order chi connectivity index (χ1) is 13.5. The molecule has 2 saturated heterocycles. The predicted octanol–water partition coefficient (Wildman–Crippen LogP) is 2.09. The maximum atomic E-state index is 12.9. The van der Waals surface area contributed by atoms with E-state index in [0.29, 0.717) is 19.1 Å². The molecule has 0 saturated carbocycles. The van der Waals surface area contributed by atoms with Crippen LogP contribution in [0.4, 0.5) is 0 Å². The van der Waals surface area contributed by atoms with E-state index in [1.807, 2.05) is 9.80 Å². The van der Waals surface area contributed by atoms with Gasteiger partial charge in [-0.05, 0) is 37.0 Å². The third-order valence-corrected chi connectivity index (χ3v) is 6.67. The standard InChI is InChI=1S/C22H31N3O3/c1-16(20-4-3-18-7-14-28-21(18)15-20)23-10-12-25(13-11-23)22(27)19-5-8-24(9-6-19)17(2)26/h3-4,15-16,19H,5-14H2,1-2H3. The van der Waals surface area contributed by atoms with E-state index in [4.69, 9.17) is 4.74 Å². The zero-order valence-corrected chi connectivity index (χ0v) is 17.0. The molecule has 4 rings (SSSR count). The van der Waals surface area contributed by atoms with Crippen LogP contribution in [0.25, 0.3) is 0 Å². The summed E-state index contributed by atoms with van der Waals surface area (Å²) in [5.74, 6) is 1.51. The zero-order chi connectivity index (χ0) is 19.7. The van der Waals surface area contributed by atoms with Gasteiger partial charge in [-0.3, -0.25) is 14.5 Å². The van der Waals surface area contributed by atoms with Crippen LogP contribution in [-0.4, -0.2) is 72.4 Å². The summed E-state index contributed by atoms with van der Waals surface area (Å²) in [6, 6.07) is 6.93. The summed E-state index contributed by atoms with van der Waals surface area (Å²) < 4.78 is 5.72. The highest BCUT2D eigenvalue weighted by atomic mass is 16.5. The summed E-state index contributed by atoms with van der Waals surface area (Å²) in [5, 5.41) is 0. The van der Waals surface area contributed by atoms with Gasteiger partial charge in [0.25, 0.3) is 0 Å². The van der Waals surface area contributed by atoms with E-state index in [9.17, 15) is 9.59 Å². The van der Waals surface area contributed by atoms with Crippen molar-refractivity contribution in [2.24, 2.45) is 5.92 Å². The van der Waals surface area contributed by atoms with Crippen molar-refractivity contribution in [3.63, 3.8) is 0 Å². The van der Waals surface area contributed by atoms with Crippen molar-refractivity contribution in [3.05, 3.63) is 29.3 Å². The minimum absolute atomic E-state index is 0.0773. The smallest absolute Gasteiger partial charge is 0.225 e. The van der Waals surface area contributed by atoms with Gasteiger partial charge >= 0.3 is 0 Å². The van der Waals surface area contributed by atoms with Crippen LogP contribution in [0.3, 0.4) is 0 Å². The molecule has 0 radical (unpaired) electrons. The molecule has 152 valence electrons. The van der Waals surface area contributed by atoms with Gasteiger partial charge in [0.1, 0.15) is 5.75 Å². The van der Waals surface area contributed by atoms with Gasteiger partial charge in [0.2, 0.25) is 11.8 Å². The second kappa shape index (κ2) is 8.11. The number of hydrogen-bond donors (Lipinski definition) is 0. The van der Waals surface area contributed by atoms with Crippen LogP contribution in [0.1, 0.15) is 43.9 Å². The molecule has 3 heterocycles. The number of nitrogens with zero attached hydrogens (tertiary/aromatic N) is 3. The van der Waals surface area contributed by atoms with Gasteiger partial charge in [-0.2, -0.15) is 0 Å². The molecule has 0 aromatic heterocycles. The Morgan fingerprint density at radius 1 is 1.04 bits per heavy atom. The minimum Gasteiger partial charge on any atom is -0.493 e. The largest absolute Gasteiger partial charge is 0.493 e. The van der Waals surface area contributed by atoms with Gasteiger partial charge in [0, 0.05) is 64.6 Å². The van der Waals surface area contributed by atoms with Crippen molar-refractivity contribution in [3.8, 4) is 5.75 Å². The molecule has 3 aliphatic heterocycles. The summed E-state index contributed by atoms with van der Waals surface area (Å²) in [5.41, 5.74) is 2.60. The van der Waals surface area contributed by atoms with Crippen molar-refractivity contribution >= 4 is 11.8 Å². The molecule has 0 spiro atoms. The number of carbonyl (C=O) groups is 2. The molecule has 1 aromatic rings. The molecule has 0 N–H and O–H groups in total. The number of rotatable bonds is 3. The Balaban J connectivity index is 1.29. The average Bonchev–Trinajstić information content (AvgIpc) is 3.21. The van der Waals surface area contributed by atoms with Gasteiger partial charge in [0.05, 0.1) is 6.61 Å². The molecule has 1 aromatic carbocycles. The van der Waals surface area contributed by atoms with Crippen LogP contribution in [0.15, 0.2) is 18.2 Å². The molecular weight excluding hydrogens is 354 g/mol. The Morgan fingerprint density at radius 3 is 2.43 bits per heavy atom. The number of ether oxygens (including phenoxy) is 1. The quantitative estimate of drug-likeness (QED) is 0.800. The highest BCUT2D eigenvalue weighted by molar-refractivity contribution is 5.80. The van der Waals surface area contributed by atoms with Gasteiger partial charge in [-0.1, -0.05) is 12.1 Å². The molecule has 1 atom stereocenters. The lowest BCUT2D eigenvalue weighted by Gasteiger charge is -2.40. The average molecular weight is 386 g/mol. The van der Waals surface area contributed by atoms with E-state index in [0.717, 1.165) is 57.8 Å². The fourth-order valence-electron chi connectivity index (χ4n) is 4.68. The monoisotopic (exact) mass is 385 g/mol. The second-order valence-electron chi connectivity index (χ2n) is 8.28. The number of hydrogen-bond acceptors (Lipinski definition) is 4. The van der Waals surface area contributed by atoms with Crippen LogP contribution >= 0.6 is 0 Å². The summed E-state index contributed by atoms with van der Waals surface area (Å²) in [4.78, 5) is 30.7. The first kappa shape index (κ1) is 19.2. The summed E-state index contributed by atoms with van der Waals surface area (Å²) >= 11 is 0. The zero-order valence-electron chi connectivity index (χ0n) is 17.0. The molecule has 2 amide bonds. The van der Waals surface area contributed by atoms with E-state index in [2.05, 4.69) is 30.0 Å². The van der Waals surface area contributed by atoms with E-state index >= 15 is 0 Å². The third kappa shape index (κ3) is 3.88. The van der Waals surface area contributed by atoms with Crippen molar-refractivity contribution in [1.82, 2.24) is 14.7 Å². The molecule has 28 heavy (non-hydrogen) atoms. The molecule has 2 fully saturated rings. The topological polar surface area (TPSA) is 53.1 Å². The van der Waals surface area contributed by atoms with Gasteiger partial charge in [0.15, 0.2) is 0 Å². The van der Waals surface area contributed by atoms with Crippen molar-refractivity contribution in [2.45, 2.75) is 39.2 Å². The van der Waals surface area contributed by atoms with Crippen molar-refractivity contribution < 1.29 is 14.3 Å². The SMILES string of the molecule is CC(=O)N1CCC(C(=O)N2CCN(C(C)c3ccc4c(c3)OCC4)CC2)CC1. The molecule has 1 unspecified atom stereocenters. The Kier molecular flexibility index (Phi) is 5.58. The Hall–Kier alpha value is -2.08. The normalized spacial score (nSPS) is 21.9. The van der Waals surface area contributed by atoms with E-state index in [1.54, 1.807) is 6.92 Å². The highest BCUT2D eigenvalue weighted by Crippen LogP contribution is 2.31. The minimum atomic E-state index is 0.0773. The van der Waals surface area contributed by atoms with E-state index in [-0.39, 0.29) is 17.7 Å². The summed E-state index contributed by atoms with van der Waals surface area (Å²) in [6.07, 6.45) is 2.60. The molecule has 0 bridgehead atoms. The van der Waals surface area contributed by atoms with Crippen LogP contribution in [-0.2, 0) is 16.0 Å². The second-order valence-corrected chi connectivity index (χ2v) is 8.28. The number of piperazine rings is 1. The number of likely N-dealkylation sites (tertiary alicyclic amines) is 1. The molecule has 6 nitrogen and oxygen atoms in total. The first-order valence-electron chi connectivity index (χ1n) is 10.6. The number of piperidine rings is 1. The highest BCUT2D eigenvalue weighted by Gasteiger charge is 2.32. The summed E-state index contributed by atoms with van der Waals surface area (Å²) in [6.45, 7) is 9.44. The Bertz CT molecular complexity index is 735. The van der Waals surface area contributed by atoms with Gasteiger partial charge in [-0.25, -0.2) is 0 Å². The lowest BCUT2D eigenvalue weighted by Crippen LogP contribution is -2.52. The first-order valence-corrected chi connectivity index (χ1v) is 10.6. The van der Waals surface area contributed by atoms with E-state index < -0.39 is 0 Å². The molecular formula is C22H31N3O3. The fraction of sp³-hybridized carbons (Fsp3) is 0.636. The molecule has 6 heteroatoms. The Labute approximate surface area is 167 Å². The summed E-state index contributed by atoms with van der Waals surface area (Å²) in [7, 11) is 0. The van der Waals surface area contributed by atoms with Gasteiger partial charge in [-0.15, -0.1) is 0 Å². The number of amides is 2. The number of carbonyl (C=O) groups excluding carboxylic acids is 2. The third-order valence-electron chi connectivity index (χ3n) is 6.67. The van der Waals surface area contributed by atoms with Gasteiger partial charge < -0.3 is 14.5 Å². The van der Waals surface area contributed by atoms with Crippen molar-refractivity contribution in [1.29, 1.82) is 0 Å². The molecule has 3 aliphatic rings. The van der Waals surface area contributed by atoms with Crippen molar-refractivity contribution in [2.75, 3.05) is 45.9 Å². The lowest BCUT2D eigenvalue weighted by molar-refractivity contribution is -0.141. The lowest BCUT2D eigenvalue weighted by atomic mass is 9.95. The predicted molar refractivity (Wildman–Crippen MR) is 107 cm³/mol. The van der Waals surface area contributed by atoms with E-state index in [1.165, 1.54) is 11.1 Å². The fourth-order valence-corrected chi connectivity index (χ4v) is 4.68. The number of fused-ring (bicyclic) bond motifs is 1. The van der Waals surface area contributed by atoms with Crippen LogP contribution in [0.5, 0.6) is 5.75 Å². The maximum absolute atomic E-state index is 12.9. The number of benzene rings is 1. The maximum Gasteiger partial charge on any atom is 0.225 e. The van der Waals surface area contributed by atoms with Crippen LogP contribution in [0, 0.1) is 5.92 Å². The molecule has 0 aliphatic carbocycles. The van der Waals surface area contributed by atoms with Crippen LogP contribution in [0.2, 0.25) is 0 Å².